The predicted octanol–water partition coefficient (Wildman–Crippen LogP) is 4.51. The molecule has 2 aromatic rings. The van der Waals surface area contributed by atoms with Gasteiger partial charge in [-0.25, -0.2) is 13.2 Å². The number of sulfonamides is 1. The minimum atomic E-state index is -3.68. The predicted molar refractivity (Wildman–Crippen MR) is 151 cm³/mol. The molecule has 0 saturated carbocycles. The zero-order valence-electron chi connectivity index (χ0n) is 23.1. The van der Waals surface area contributed by atoms with Crippen LogP contribution >= 0.6 is 0 Å². The van der Waals surface area contributed by atoms with Gasteiger partial charge in [0, 0.05) is 37.4 Å². The van der Waals surface area contributed by atoms with Crippen molar-refractivity contribution in [3.63, 3.8) is 0 Å². The van der Waals surface area contributed by atoms with Crippen LogP contribution in [0, 0.1) is 5.92 Å². The molecule has 1 aliphatic heterocycles. The Kier molecular flexibility index (Phi) is 9.20. The molecule has 1 heterocycles. The van der Waals surface area contributed by atoms with Crippen molar-refractivity contribution in [1.29, 1.82) is 0 Å². The van der Waals surface area contributed by atoms with Gasteiger partial charge in [-0.15, -0.1) is 0 Å². The number of hydrogen-bond acceptors (Lipinski definition) is 5. The second-order valence-electron chi connectivity index (χ2n) is 10.8. The maximum atomic E-state index is 12.9. The number of urea groups is 1. The highest BCUT2D eigenvalue weighted by atomic mass is 32.2. The third-order valence-electron chi connectivity index (χ3n) is 7.76. The number of rotatable bonds is 9. The summed E-state index contributed by atoms with van der Waals surface area (Å²) in [6.07, 6.45) is 5.07. The number of carbonyl (C=O) groups excluding carboxylic acids is 1. The summed E-state index contributed by atoms with van der Waals surface area (Å²) in [7, 11) is -2.13. The van der Waals surface area contributed by atoms with Crippen LogP contribution in [0.1, 0.15) is 51.2 Å². The van der Waals surface area contributed by atoms with E-state index in [1.54, 1.807) is 31.4 Å². The fourth-order valence-corrected chi connectivity index (χ4v) is 6.66. The molecular weight excluding hydrogens is 500 g/mol. The lowest BCUT2D eigenvalue weighted by atomic mass is 9.86. The maximum Gasteiger partial charge on any atom is 0.317 e. The first-order chi connectivity index (χ1) is 18.2. The fourth-order valence-electron chi connectivity index (χ4n) is 5.61. The standard InChI is InChI=1S/C29H42N4O4S/c1-5-32(20-22-14-16-33(17-15-22)29(34)30-21(2)3)26-9-7-23-6-8-25(18-24(23)19-26)31-38(35,36)28-12-10-27(37-4)11-13-28/h6,8,10-13,18,21-22,26,31H,5,7,9,14-17,19-20H2,1-4H3,(H,30,34). The molecule has 1 fully saturated rings. The molecule has 2 amide bonds. The van der Waals surface area contributed by atoms with Crippen LogP contribution in [0.3, 0.4) is 0 Å². The number of carbonyl (C=O) groups is 1. The summed E-state index contributed by atoms with van der Waals surface area (Å²) in [5.74, 6) is 1.20. The lowest BCUT2D eigenvalue weighted by Gasteiger charge is -2.39. The molecule has 1 atom stereocenters. The van der Waals surface area contributed by atoms with E-state index in [9.17, 15) is 13.2 Å². The summed E-state index contributed by atoms with van der Waals surface area (Å²) in [6.45, 7) is 9.85. The molecule has 208 valence electrons. The first-order valence-electron chi connectivity index (χ1n) is 13.8. The van der Waals surface area contributed by atoms with Gasteiger partial charge in [0.15, 0.2) is 0 Å². The Morgan fingerprint density at radius 1 is 1.08 bits per heavy atom. The number of fused-ring (bicyclic) bond motifs is 1. The Labute approximate surface area is 227 Å². The normalized spacial score (nSPS) is 18.4. The Morgan fingerprint density at radius 3 is 2.42 bits per heavy atom. The van der Waals surface area contributed by atoms with Crippen LogP contribution in [0.2, 0.25) is 0 Å². The largest absolute Gasteiger partial charge is 0.497 e. The van der Waals surface area contributed by atoms with Crippen molar-refractivity contribution in [2.75, 3.05) is 38.0 Å². The molecule has 0 aromatic heterocycles. The molecule has 1 aliphatic carbocycles. The van der Waals surface area contributed by atoms with Gasteiger partial charge in [-0.3, -0.25) is 4.72 Å². The van der Waals surface area contributed by atoms with Gasteiger partial charge in [0.1, 0.15) is 5.75 Å². The van der Waals surface area contributed by atoms with Gasteiger partial charge in [-0.05, 0) is 106 Å². The molecule has 2 aliphatic rings. The molecule has 1 saturated heterocycles. The number of amides is 2. The third-order valence-corrected chi connectivity index (χ3v) is 9.16. The summed E-state index contributed by atoms with van der Waals surface area (Å²) in [6, 6.07) is 13.0. The monoisotopic (exact) mass is 542 g/mol. The molecule has 2 aromatic carbocycles. The summed E-state index contributed by atoms with van der Waals surface area (Å²) < 4.78 is 33.8. The lowest BCUT2D eigenvalue weighted by Crippen LogP contribution is -2.48. The van der Waals surface area contributed by atoms with Gasteiger partial charge < -0.3 is 19.9 Å². The van der Waals surface area contributed by atoms with E-state index in [1.807, 2.05) is 30.9 Å². The van der Waals surface area contributed by atoms with Crippen LogP contribution in [0.15, 0.2) is 47.4 Å². The van der Waals surface area contributed by atoms with E-state index in [4.69, 9.17) is 4.74 Å². The number of likely N-dealkylation sites (tertiary alicyclic amines) is 1. The van der Waals surface area contributed by atoms with Crippen LogP contribution in [0.5, 0.6) is 5.75 Å². The van der Waals surface area contributed by atoms with E-state index in [0.29, 0.717) is 23.4 Å². The number of likely N-dealkylation sites (N-methyl/N-ethyl adjacent to an activating group) is 1. The second-order valence-corrected chi connectivity index (χ2v) is 12.5. The number of nitrogens with one attached hydrogen (secondary N) is 2. The SMILES string of the molecule is CCN(CC1CCN(C(=O)NC(C)C)CC1)C1CCc2ccc(NS(=O)(=O)c3ccc(OC)cc3)cc2C1. The molecule has 0 radical (unpaired) electrons. The van der Waals surface area contributed by atoms with Crippen molar-refractivity contribution < 1.29 is 17.9 Å². The van der Waals surface area contributed by atoms with Gasteiger partial charge in [0.05, 0.1) is 12.0 Å². The minimum absolute atomic E-state index is 0.0492. The van der Waals surface area contributed by atoms with Crippen molar-refractivity contribution in [1.82, 2.24) is 15.1 Å². The van der Waals surface area contributed by atoms with Crippen molar-refractivity contribution >= 4 is 21.7 Å². The third kappa shape index (κ3) is 6.99. The molecule has 8 nitrogen and oxygen atoms in total. The number of anilines is 1. The van der Waals surface area contributed by atoms with Crippen molar-refractivity contribution in [3.8, 4) is 5.75 Å². The van der Waals surface area contributed by atoms with E-state index < -0.39 is 10.0 Å². The Bertz CT molecular complexity index is 1190. The van der Waals surface area contributed by atoms with Crippen molar-refractivity contribution in [3.05, 3.63) is 53.6 Å². The zero-order chi connectivity index (χ0) is 27.3. The molecular formula is C29H42N4O4S. The first-order valence-corrected chi connectivity index (χ1v) is 15.2. The molecule has 1 unspecified atom stereocenters. The van der Waals surface area contributed by atoms with Gasteiger partial charge in [-0.2, -0.15) is 0 Å². The number of benzene rings is 2. The van der Waals surface area contributed by atoms with E-state index in [-0.39, 0.29) is 17.0 Å². The average molecular weight is 543 g/mol. The molecule has 9 heteroatoms. The Hall–Kier alpha value is -2.78. The van der Waals surface area contributed by atoms with Crippen LogP contribution in [0.4, 0.5) is 10.5 Å². The zero-order valence-corrected chi connectivity index (χ0v) is 23.9. The van der Waals surface area contributed by atoms with E-state index in [0.717, 1.165) is 58.3 Å². The topological polar surface area (TPSA) is 91.0 Å². The summed E-state index contributed by atoms with van der Waals surface area (Å²) >= 11 is 0. The summed E-state index contributed by atoms with van der Waals surface area (Å²) in [5.41, 5.74) is 3.11. The van der Waals surface area contributed by atoms with E-state index in [2.05, 4.69) is 27.9 Å². The fraction of sp³-hybridized carbons (Fsp3) is 0.552. The minimum Gasteiger partial charge on any atom is -0.497 e. The molecule has 2 N–H and O–H groups in total. The molecule has 0 spiro atoms. The average Bonchev–Trinajstić information content (AvgIpc) is 2.91. The van der Waals surface area contributed by atoms with E-state index >= 15 is 0 Å². The smallest absolute Gasteiger partial charge is 0.317 e. The second kappa shape index (κ2) is 12.4. The van der Waals surface area contributed by atoms with Crippen LogP contribution in [0.25, 0.3) is 0 Å². The quantitative estimate of drug-likeness (QED) is 0.487. The van der Waals surface area contributed by atoms with Gasteiger partial charge >= 0.3 is 6.03 Å². The number of piperidine rings is 1. The molecule has 0 bridgehead atoms. The van der Waals surface area contributed by atoms with Crippen LogP contribution < -0.4 is 14.8 Å². The molecule has 38 heavy (non-hydrogen) atoms. The Morgan fingerprint density at radius 2 is 1.79 bits per heavy atom. The highest BCUT2D eigenvalue weighted by Crippen LogP contribution is 2.30. The summed E-state index contributed by atoms with van der Waals surface area (Å²) in [5, 5.41) is 3.00. The highest BCUT2D eigenvalue weighted by molar-refractivity contribution is 7.92. The van der Waals surface area contributed by atoms with Crippen molar-refractivity contribution in [2.24, 2.45) is 5.92 Å². The van der Waals surface area contributed by atoms with E-state index in [1.165, 1.54) is 11.1 Å². The number of hydrogen-bond donors (Lipinski definition) is 2. The van der Waals surface area contributed by atoms with Gasteiger partial charge in [-0.1, -0.05) is 13.0 Å². The van der Waals surface area contributed by atoms with Crippen LogP contribution in [-0.4, -0.2) is 69.6 Å². The number of ether oxygens (including phenoxy) is 1. The first kappa shape index (κ1) is 28.2. The van der Waals surface area contributed by atoms with Gasteiger partial charge in [0.2, 0.25) is 0 Å². The number of methoxy groups -OCH3 is 1. The van der Waals surface area contributed by atoms with Gasteiger partial charge in [0.25, 0.3) is 10.0 Å². The number of aryl methyl sites for hydroxylation is 1. The maximum absolute atomic E-state index is 12.9. The summed E-state index contributed by atoms with van der Waals surface area (Å²) in [4.78, 5) is 17.1. The lowest BCUT2D eigenvalue weighted by molar-refractivity contribution is 0.120. The Balaban J connectivity index is 1.36. The highest BCUT2D eigenvalue weighted by Gasteiger charge is 2.29. The molecule has 4 rings (SSSR count). The number of nitrogens with zero attached hydrogens (tertiary/aromatic N) is 2. The van der Waals surface area contributed by atoms with Crippen molar-refractivity contribution in [2.45, 2.75) is 69.9 Å². The van der Waals surface area contributed by atoms with Crippen LogP contribution in [-0.2, 0) is 22.9 Å².